The van der Waals surface area contributed by atoms with Crippen LogP contribution < -0.4 is 5.56 Å². The normalized spacial score (nSPS) is 11.4. The van der Waals surface area contributed by atoms with Crippen LogP contribution in [0.4, 0.5) is 0 Å². The van der Waals surface area contributed by atoms with Crippen LogP contribution in [-0.2, 0) is 13.1 Å². The van der Waals surface area contributed by atoms with Gasteiger partial charge in [-0.05, 0) is 44.2 Å². The highest BCUT2D eigenvalue weighted by Crippen LogP contribution is 2.19. The number of aromatic nitrogens is 4. The summed E-state index contributed by atoms with van der Waals surface area (Å²) in [4.78, 5) is 16.8. The van der Waals surface area contributed by atoms with Crippen molar-refractivity contribution < 1.29 is 0 Å². The third kappa shape index (κ3) is 2.63. The molecule has 0 aromatic carbocycles. The molecule has 5 nitrogen and oxygen atoms in total. The van der Waals surface area contributed by atoms with Gasteiger partial charge in [0.15, 0.2) is 0 Å². The molecule has 0 bridgehead atoms. The van der Waals surface area contributed by atoms with Crippen LogP contribution in [0.25, 0.3) is 10.2 Å². The number of hydrogen-bond donors (Lipinski definition) is 0. The summed E-state index contributed by atoms with van der Waals surface area (Å²) in [6, 6.07) is 2.06. The van der Waals surface area contributed by atoms with E-state index in [-0.39, 0.29) is 5.56 Å². The van der Waals surface area contributed by atoms with Crippen molar-refractivity contribution in [2.24, 2.45) is 0 Å². The van der Waals surface area contributed by atoms with Crippen molar-refractivity contribution in [2.45, 2.75) is 40.3 Å². The van der Waals surface area contributed by atoms with E-state index in [4.69, 9.17) is 0 Å². The van der Waals surface area contributed by atoms with Gasteiger partial charge in [0.2, 0.25) is 0 Å². The van der Waals surface area contributed by atoms with Crippen LogP contribution in [0.5, 0.6) is 0 Å². The molecule has 0 fully saturated rings. The molecular weight excluding hydrogens is 284 g/mol. The second-order valence-corrected chi connectivity index (χ2v) is 6.22. The molecule has 3 heterocycles. The molecule has 110 valence electrons. The Balaban J connectivity index is 1.75. The maximum absolute atomic E-state index is 12.4. The number of rotatable bonds is 4. The summed E-state index contributed by atoms with van der Waals surface area (Å²) in [7, 11) is 0. The minimum atomic E-state index is 0.0615. The van der Waals surface area contributed by atoms with Crippen LogP contribution in [0, 0.1) is 20.8 Å². The Morgan fingerprint density at radius 2 is 2.05 bits per heavy atom. The molecule has 0 saturated heterocycles. The minimum absolute atomic E-state index is 0.0615. The lowest BCUT2D eigenvalue weighted by Crippen LogP contribution is -2.20. The van der Waals surface area contributed by atoms with E-state index >= 15 is 0 Å². The van der Waals surface area contributed by atoms with Gasteiger partial charge in [0.05, 0.1) is 17.5 Å². The zero-order valence-corrected chi connectivity index (χ0v) is 13.3. The average Bonchev–Trinajstić information content (AvgIpc) is 2.96. The van der Waals surface area contributed by atoms with Crippen molar-refractivity contribution in [3.8, 4) is 0 Å². The first-order valence-electron chi connectivity index (χ1n) is 7.00. The molecule has 3 aromatic rings. The van der Waals surface area contributed by atoms with Gasteiger partial charge in [-0.15, -0.1) is 11.3 Å². The van der Waals surface area contributed by atoms with E-state index in [0.717, 1.165) is 40.1 Å². The summed E-state index contributed by atoms with van der Waals surface area (Å²) in [6.45, 7) is 7.50. The van der Waals surface area contributed by atoms with E-state index in [2.05, 4.69) is 16.1 Å². The molecule has 3 aromatic heterocycles. The lowest BCUT2D eigenvalue weighted by Gasteiger charge is -2.07. The van der Waals surface area contributed by atoms with E-state index in [0.29, 0.717) is 6.54 Å². The molecule has 3 rings (SSSR count). The summed E-state index contributed by atoms with van der Waals surface area (Å²) < 4.78 is 4.44. The third-order valence-corrected chi connectivity index (χ3v) is 4.67. The molecule has 21 heavy (non-hydrogen) atoms. The zero-order valence-electron chi connectivity index (χ0n) is 12.5. The van der Waals surface area contributed by atoms with Crippen molar-refractivity contribution in [2.75, 3.05) is 0 Å². The molecule has 0 atom stereocenters. The van der Waals surface area contributed by atoms with Crippen molar-refractivity contribution in [1.82, 2.24) is 19.3 Å². The monoisotopic (exact) mass is 302 g/mol. The average molecular weight is 302 g/mol. The minimum Gasteiger partial charge on any atom is -0.298 e. The Labute approximate surface area is 126 Å². The Hall–Kier alpha value is -1.95. The second kappa shape index (κ2) is 5.44. The van der Waals surface area contributed by atoms with Crippen LogP contribution in [0.3, 0.4) is 0 Å². The van der Waals surface area contributed by atoms with Gasteiger partial charge in [0.1, 0.15) is 4.70 Å². The van der Waals surface area contributed by atoms with Gasteiger partial charge in [-0.2, -0.15) is 5.10 Å². The highest BCUT2D eigenvalue weighted by atomic mass is 32.1. The van der Waals surface area contributed by atoms with Gasteiger partial charge in [-0.1, -0.05) is 0 Å². The molecule has 0 radical (unpaired) electrons. The standard InChI is InChI=1S/C15H18N4OS/c1-10-8-21-14-13(10)16-9-18(15(14)20)5-4-6-19-12(3)7-11(2)17-19/h7-9H,4-6H2,1-3H3. The van der Waals surface area contributed by atoms with E-state index in [1.54, 1.807) is 10.9 Å². The summed E-state index contributed by atoms with van der Waals surface area (Å²) in [5.41, 5.74) is 4.15. The lowest BCUT2D eigenvalue weighted by atomic mass is 10.3. The first-order valence-corrected chi connectivity index (χ1v) is 7.88. The molecule has 0 aliphatic heterocycles. The van der Waals surface area contributed by atoms with Gasteiger partial charge in [0.25, 0.3) is 5.56 Å². The topological polar surface area (TPSA) is 52.7 Å². The van der Waals surface area contributed by atoms with Gasteiger partial charge in [0, 0.05) is 18.8 Å². The van der Waals surface area contributed by atoms with E-state index in [1.165, 1.54) is 11.3 Å². The summed E-state index contributed by atoms with van der Waals surface area (Å²) >= 11 is 1.48. The highest BCUT2D eigenvalue weighted by molar-refractivity contribution is 7.17. The van der Waals surface area contributed by atoms with Crippen molar-refractivity contribution >= 4 is 21.6 Å². The fourth-order valence-electron chi connectivity index (χ4n) is 2.51. The van der Waals surface area contributed by atoms with Gasteiger partial charge < -0.3 is 0 Å². The number of nitrogens with zero attached hydrogens (tertiary/aromatic N) is 4. The van der Waals surface area contributed by atoms with Crippen molar-refractivity contribution in [3.05, 3.63) is 45.1 Å². The lowest BCUT2D eigenvalue weighted by molar-refractivity contribution is 0.508. The van der Waals surface area contributed by atoms with Gasteiger partial charge in [-0.3, -0.25) is 14.0 Å². The van der Waals surface area contributed by atoms with Crippen molar-refractivity contribution in [1.29, 1.82) is 0 Å². The predicted molar refractivity (Wildman–Crippen MR) is 84.9 cm³/mol. The summed E-state index contributed by atoms with van der Waals surface area (Å²) in [5.74, 6) is 0. The third-order valence-electron chi connectivity index (χ3n) is 3.60. The van der Waals surface area contributed by atoms with E-state index in [1.807, 2.05) is 30.8 Å². The number of aryl methyl sites for hydroxylation is 5. The molecule has 0 unspecified atom stereocenters. The summed E-state index contributed by atoms with van der Waals surface area (Å²) in [6.07, 6.45) is 2.52. The Bertz CT molecular complexity index is 843. The summed E-state index contributed by atoms with van der Waals surface area (Å²) in [5, 5.41) is 6.42. The molecule has 0 saturated carbocycles. The zero-order chi connectivity index (χ0) is 15.0. The van der Waals surface area contributed by atoms with Crippen LogP contribution in [-0.4, -0.2) is 19.3 Å². The fourth-order valence-corrected chi connectivity index (χ4v) is 3.46. The van der Waals surface area contributed by atoms with Gasteiger partial charge >= 0.3 is 0 Å². The smallest absolute Gasteiger partial charge is 0.271 e. The molecular formula is C15H18N4OS. The molecule has 0 N–H and O–H groups in total. The van der Waals surface area contributed by atoms with E-state index < -0.39 is 0 Å². The fraction of sp³-hybridized carbons (Fsp3) is 0.400. The molecule has 0 aliphatic rings. The first-order chi connectivity index (χ1) is 10.1. The Morgan fingerprint density at radius 3 is 2.76 bits per heavy atom. The van der Waals surface area contributed by atoms with E-state index in [9.17, 15) is 4.79 Å². The maximum atomic E-state index is 12.4. The molecule has 6 heteroatoms. The largest absolute Gasteiger partial charge is 0.298 e. The number of thiophene rings is 1. The number of fused-ring (bicyclic) bond motifs is 1. The Kier molecular flexibility index (Phi) is 3.63. The number of hydrogen-bond acceptors (Lipinski definition) is 4. The predicted octanol–water partition coefficient (Wildman–Crippen LogP) is 2.67. The van der Waals surface area contributed by atoms with Crippen LogP contribution in [0.2, 0.25) is 0 Å². The van der Waals surface area contributed by atoms with Crippen LogP contribution in [0.15, 0.2) is 22.6 Å². The molecule has 0 spiro atoms. The quantitative estimate of drug-likeness (QED) is 0.744. The van der Waals surface area contributed by atoms with Crippen LogP contribution in [0.1, 0.15) is 23.4 Å². The molecule has 0 amide bonds. The van der Waals surface area contributed by atoms with Gasteiger partial charge in [-0.25, -0.2) is 4.98 Å². The maximum Gasteiger partial charge on any atom is 0.271 e. The first kappa shape index (κ1) is 14.0. The highest BCUT2D eigenvalue weighted by Gasteiger charge is 2.08. The van der Waals surface area contributed by atoms with Crippen LogP contribution >= 0.6 is 11.3 Å². The SMILES string of the molecule is Cc1cc(C)n(CCCn2cnc3c(C)csc3c2=O)n1. The van der Waals surface area contributed by atoms with Crippen molar-refractivity contribution in [3.63, 3.8) is 0 Å². The second-order valence-electron chi connectivity index (χ2n) is 5.34. The molecule has 0 aliphatic carbocycles. The Morgan fingerprint density at radius 1 is 1.24 bits per heavy atom.